The standard InChI is InChI=1S/C3H5NO2.C3H4O2.CH3NO2/c1-2-3(5)6-4;1-2-3(4)5;2-1(3)4/h2H,1,4H2;2H,1H2,(H,4,5);2H2,(H,3,4). The summed E-state index contributed by atoms with van der Waals surface area (Å²) in [5.74, 6) is 2.76. The second-order valence-electron chi connectivity index (χ2n) is 1.52. The molecule has 0 unspecified atom stereocenters. The molecule has 1 amide bonds. The zero-order chi connectivity index (χ0) is 12.9. The van der Waals surface area contributed by atoms with Crippen LogP contribution in [-0.4, -0.2) is 28.2 Å². The number of hydrogen-bond acceptors (Lipinski definition) is 5. The molecule has 0 heterocycles. The highest BCUT2D eigenvalue weighted by atomic mass is 16.7. The lowest BCUT2D eigenvalue weighted by atomic mass is 10.7. The zero-order valence-corrected chi connectivity index (χ0v) is 7.75. The average molecular weight is 220 g/mol. The number of carboxylic acid groups (broad SMARTS) is 2. The molecule has 0 fully saturated rings. The van der Waals surface area contributed by atoms with Gasteiger partial charge in [0, 0.05) is 12.2 Å². The fraction of sp³-hybridized carbons (Fsp3) is 0. The first kappa shape index (κ1) is 18.4. The third-order valence-electron chi connectivity index (χ3n) is 0.457. The molecular weight excluding hydrogens is 208 g/mol. The second-order valence-corrected chi connectivity index (χ2v) is 1.52. The number of nitrogens with two attached hydrogens (primary N) is 2. The third-order valence-corrected chi connectivity index (χ3v) is 0.457. The van der Waals surface area contributed by atoms with Gasteiger partial charge in [-0.1, -0.05) is 13.2 Å². The summed E-state index contributed by atoms with van der Waals surface area (Å²) < 4.78 is 0. The average Bonchev–Trinajstić information content (AvgIpc) is 2.16. The molecule has 86 valence electrons. The van der Waals surface area contributed by atoms with Crippen LogP contribution in [0.3, 0.4) is 0 Å². The molecule has 0 aliphatic rings. The Balaban J connectivity index is -0.000000147. The summed E-state index contributed by atoms with van der Waals surface area (Å²) in [5, 5.41) is 14.8. The lowest BCUT2D eigenvalue weighted by Crippen LogP contribution is -2.04. The van der Waals surface area contributed by atoms with E-state index in [0.29, 0.717) is 0 Å². The van der Waals surface area contributed by atoms with Gasteiger partial charge in [-0.2, -0.15) is 5.90 Å². The predicted molar refractivity (Wildman–Crippen MR) is 50.5 cm³/mol. The summed E-state index contributed by atoms with van der Waals surface area (Å²) in [5.41, 5.74) is 4.03. The largest absolute Gasteiger partial charge is 0.478 e. The fourth-order valence-corrected chi connectivity index (χ4v) is 0.0481. The fourth-order valence-electron chi connectivity index (χ4n) is 0.0481. The van der Waals surface area contributed by atoms with Gasteiger partial charge in [0.15, 0.2) is 0 Å². The molecule has 0 saturated heterocycles. The number of hydrogen-bond donors (Lipinski definition) is 4. The van der Waals surface area contributed by atoms with Crippen molar-refractivity contribution in [2.45, 2.75) is 0 Å². The molecule has 8 heteroatoms. The second kappa shape index (κ2) is 14.2. The number of rotatable bonds is 2. The molecule has 0 rings (SSSR count). The summed E-state index contributed by atoms with van der Waals surface area (Å²) in [6.45, 7) is 6.04. The molecule has 0 saturated carbocycles. The van der Waals surface area contributed by atoms with Crippen molar-refractivity contribution >= 4 is 18.0 Å². The monoisotopic (exact) mass is 220 g/mol. The van der Waals surface area contributed by atoms with Crippen LogP contribution in [0.2, 0.25) is 0 Å². The van der Waals surface area contributed by atoms with Crippen molar-refractivity contribution in [1.29, 1.82) is 0 Å². The van der Waals surface area contributed by atoms with Gasteiger partial charge in [0.05, 0.1) is 0 Å². The van der Waals surface area contributed by atoms with E-state index in [1.807, 2.05) is 0 Å². The number of aliphatic carboxylic acids is 1. The number of amides is 1. The van der Waals surface area contributed by atoms with E-state index in [-0.39, 0.29) is 0 Å². The first-order valence-corrected chi connectivity index (χ1v) is 3.18. The van der Waals surface area contributed by atoms with E-state index in [9.17, 15) is 9.59 Å². The first-order valence-electron chi connectivity index (χ1n) is 3.18. The minimum absolute atomic E-state index is 0.616. The van der Waals surface area contributed by atoms with Crippen molar-refractivity contribution < 1.29 is 29.4 Å². The molecule has 8 nitrogen and oxygen atoms in total. The highest BCUT2D eigenvalue weighted by Crippen LogP contribution is 1.64. The summed E-state index contributed by atoms with van der Waals surface area (Å²) in [4.78, 5) is 31.4. The minimum atomic E-state index is -1.33. The maximum Gasteiger partial charge on any atom is 0.402 e. The molecule has 15 heavy (non-hydrogen) atoms. The van der Waals surface area contributed by atoms with E-state index >= 15 is 0 Å². The van der Waals surface area contributed by atoms with Crippen LogP contribution in [0.25, 0.3) is 0 Å². The predicted octanol–water partition coefficient (Wildman–Crippen LogP) is -0.531. The summed E-state index contributed by atoms with van der Waals surface area (Å²) >= 11 is 0. The van der Waals surface area contributed by atoms with Crippen molar-refractivity contribution in [1.82, 2.24) is 0 Å². The molecule has 0 aromatic heterocycles. The molecule has 0 aliphatic heterocycles. The maximum absolute atomic E-state index is 9.72. The quantitative estimate of drug-likeness (QED) is 0.360. The smallest absolute Gasteiger partial charge is 0.402 e. The summed E-state index contributed by atoms with van der Waals surface area (Å²) in [6.07, 6.45) is 0.486. The summed E-state index contributed by atoms with van der Waals surface area (Å²) in [7, 11) is 0. The van der Waals surface area contributed by atoms with Crippen LogP contribution in [0.4, 0.5) is 4.79 Å². The summed E-state index contributed by atoms with van der Waals surface area (Å²) in [6, 6.07) is 0. The van der Waals surface area contributed by atoms with Crippen LogP contribution in [0.1, 0.15) is 0 Å². The van der Waals surface area contributed by atoms with E-state index < -0.39 is 18.0 Å². The van der Waals surface area contributed by atoms with Gasteiger partial charge in [-0.15, -0.1) is 0 Å². The van der Waals surface area contributed by atoms with Gasteiger partial charge < -0.3 is 20.8 Å². The Morgan fingerprint density at radius 1 is 1.13 bits per heavy atom. The van der Waals surface area contributed by atoms with Crippen LogP contribution in [0.15, 0.2) is 25.3 Å². The van der Waals surface area contributed by atoms with Crippen molar-refractivity contribution in [2.75, 3.05) is 0 Å². The number of carbonyl (C=O) groups is 3. The topological polar surface area (TPSA) is 153 Å². The van der Waals surface area contributed by atoms with Gasteiger partial charge in [-0.05, 0) is 0 Å². The van der Waals surface area contributed by atoms with E-state index in [4.69, 9.17) is 15.0 Å². The van der Waals surface area contributed by atoms with Gasteiger partial charge in [0.25, 0.3) is 0 Å². The Morgan fingerprint density at radius 2 is 1.40 bits per heavy atom. The first-order chi connectivity index (χ1) is 6.81. The lowest BCUT2D eigenvalue weighted by Gasteiger charge is -1.81. The van der Waals surface area contributed by atoms with E-state index in [0.717, 1.165) is 12.2 Å². The molecule has 0 aromatic rings. The Labute approximate surface area is 85.4 Å². The van der Waals surface area contributed by atoms with E-state index in [2.05, 4.69) is 29.6 Å². The Hall–Kier alpha value is -2.35. The van der Waals surface area contributed by atoms with Gasteiger partial charge in [-0.25, -0.2) is 14.4 Å². The van der Waals surface area contributed by atoms with Crippen LogP contribution >= 0.6 is 0 Å². The van der Waals surface area contributed by atoms with Crippen molar-refractivity contribution in [2.24, 2.45) is 11.6 Å². The van der Waals surface area contributed by atoms with Crippen LogP contribution in [-0.2, 0) is 14.4 Å². The Kier molecular flexibility index (Phi) is 17.4. The van der Waals surface area contributed by atoms with Gasteiger partial charge in [-0.3, -0.25) is 0 Å². The normalized spacial score (nSPS) is 6.47. The van der Waals surface area contributed by atoms with Gasteiger partial charge >= 0.3 is 18.0 Å². The third kappa shape index (κ3) is 81.4. The maximum atomic E-state index is 9.72. The Bertz CT molecular complexity index is 234. The molecule has 0 aliphatic carbocycles. The molecule has 6 N–H and O–H groups in total. The van der Waals surface area contributed by atoms with E-state index in [1.165, 1.54) is 0 Å². The zero-order valence-electron chi connectivity index (χ0n) is 7.75. The van der Waals surface area contributed by atoms with Gasteiger partial charge in [0.1, 0.15) is 0 Å². The SMILES string of the molecule is C=CC(=O)O.C=CC(=O)ON.NC(=O)O. The molecule has 0 bridgehead atoms. The van der Waals surface area contributed by atoms with Crippen LogP contribution in [0.5, 0.6) is 0 Å². The number of primary amides is 1. The van der Waals surface area contributed by atoms with Crippen molar-refractivity contribution in [3.05, 3.63) is 25.3 Å². The molecule has 0 spiro atoms. The number of carboxylic acids is 1. The van der Waals surface area contributed by atoms with Crippen molar-refractivity contribution in [3.8, 4) is 0 Å². The highest BCUT2D eigenvalue weighted by Gasteiger charge is 1.83. The number of carbonyl (C=O) groups excluding carboxylic acids is 1. The van der Waals surface area contributed by atoms with Crippen molar-refractivity contribution in [3.63, 3.8) is 0 Å². The van der Waals surface area contributed by atoms with E-state index in [1.54, 1.807) is 0 Å². The van der Waals surface area contributed by atoms with Gasteiger partial charge in [0.2, 0.25) is 0 Å². The molecule has 0 atom stereocenters. The molecule has 0 radical (unpaired) electrons. The molecular formula is C7H12N2O6. The highest BCUT2D eigenvalue weighted by molar-refractivity contribution is 5.80. The van der Waals surface area contributed by atoms with Crippen LogP contribution in [0, 0.1) is 0 Å². The minimum Gasteiger partial charge on any atom is -0.478 e. The molecule has 0 aromatic carbocycles. The Morgan fingerprint density at radius 3 is 1.40 bits per heavy atom. The lowest BCUT2D eigenvalue weighted by molar-refractivity contribution is -0.138. The van der Waals surface area contributed by atoms with Crippen LogP contribution < -0.4 is 11.6 Å².